The van der Waals surface area contributed by atoms with Crippen LogP contribution in [-0.2, 0) is 21.7 Å². The van der Waals surface area contributed by atoms with Gasteiger partial charge in [0.25, 0.3) is 0 Å². The molecule has 6 rings (SSSR count). The molecule has 0 bridgehead atoms. The molecule has 0 heterocycles. The predicted octanol–water partition coefficient (Wildman–Crippen LogP) is 9.10. The fourth-order valence-electron chi connectivity index (χ4n) is 3.81. The van der Waals surface area contributed by atoms with E-state index in [4.69, 9.17) is 0 Å². The summed E-state index contributed by atoms with van der Waals surface area (Å²) in [6, 6.07) is 38.5. The molecule has 0 atom stereocenters. The van der Waals surface area contributed by atoms with Crippen molar-refractivity contribution in [3.63, 3.8) is 0 Å². The first-order valence-corrected chi connectivity index (χ1v) is 10.4. The molecule has 0 amide bonds. The molecule has 0 aliphatic heterocycles. The summed E-state index contributed by atoms with van der Waals surface area (Å²) in [7, 11) is 0. The van der Waals surface area contributed by atoms with Crippen LogP contribution in [0.1, 0.15) is 13.8 Å². The Bertz CT molecular complexity index is 1130. The Morgan fingerprint density at radius 3 is 0.806 bits per heavy atom. The molecule has 0 unspecified atom stereocenters. The number of benzene rings is 4. The van der Waals surface area contributed by atoms with E-state index >= 15 is 0 Å². The summed E-state index contributed by atoms with van der Waals surface area (Å²) < 4.78 is 0. The Balaban J connectivity index is 0.000000185. The standard InChI is InChI=1S/2C13H9.2C2H5.Ti/c2*1-3-7-12-10(5-1)9-11-6-2-4-8-13(11)12;2*1-2;/h2*1-9H;2*1H2,2H3;/q4*-1;+4. The van der Waals surface area contributed by atoms with Crippen LogP contribution in [0.2, 0.25) is 0 Å². The molecule has 6 aromatic carbocycles. The fraction of sp³-hybridized carbons (Fsp3) is 0.0667. The van der Waals surface area contributed by atoms with Crippen LogP contribution < -0.4 is 0 Å². The minimum atomic E-state index is 0. The largest absolute Gasteiger partial charge is 4.00 e. The summed E-state index contributed by atoms with van der Waals surface area (Å²) in [6.07, 6.45) is 0. The van der Waals surface area contributed by atoms with Gasteiger partial charge in [-0.25, -0.2) is 0 Å². The fourth-order valence-corrected chi connectivity index (χ4v) is 3.81. The summed E-state index contributed by atoms with van der Waals surface area (Å²) in [5.74, 6) is 0. The zero-order valence-electron chi connectivity index (χ0n) is 18.3. The molecule has 0 spiro atoms. The first-order valence-electron chi connectivity index (χ1n) is 10.4. The van der Waals surface area contributed by atoms with Gasteiger partial charge in [0.2, 0.25) is 0 Å². The molecule has 0 nitrogen and oxygen atoms in total. The predicted molar refractivity (Wildman–Crippen MR) is 136 cm³/mol. The summed E-state index contributed by atoms with van der Waals surface area (Å²) in [5.41, 5.74) is 0. The van der Waals surface area contributed by atoms with E-state index in [2.05, 4.69) is 123 Å². The summed E-state index contributed by atoms with van der Waals surface area (Å²) in [4.78, 5) is 0. The maximum atomic E-state index is 3.25. The third-order valence-electron chi connectivity index (χ3n) is 5.05. The molecule has 0 saturated carbocycles. The van der Waals surface area contributed by atoms with Gasteiger partial charge in [-0.3, -0.25) is 0 Å². The quantitative estimate of drug-likeness (QED) is 0.165. The van der Waals surface area contributed by atoms with Gasteiger partial charge in [-0.15, -0.1) is 79.5 Å². The maximum Gasteiger partial charge on any atom is 4.00 e. The topological polar surface area (TPSA) is 0 Å². The van der Waals surface area contributed by atoms with E-state index in [9.17, 15) is 0 Å². The zero-order valence-corrected chi connectivity index (χ0v) is 19.9. The molecule has 0 aliphatic rings. The van der Waals surface area contributed by atoms with Gasteiger partial charge in [0, 0.05) is 0 Å². The van der Waals surface area contributed by atoms with Crippen molar-refractivity contribution < 1.29 is 21.7 Å². The second-order valence-electron chi connectivity index (χ2n) is 6.64. The van der Waals surface area contributed by atoms with Crippen LogP contribution >= 0.6 is 0 Å². The van der Waals surface area contributed by atoms with E-state index in [1.807, 2.05) is 0 Å². The van der Waals surface area contributed by atoms with Crippen molar-refractivity contribution in [2.24, 2.45) is 0 Å². The molecule has 1 heteroatoms. The van der Waals surface area contributed by atoms with Gasteiger partial charge < -0.3 is 13.8 Å². The molecule has 0 fully saturated rings. The summed E-state index contributed by atoms with van der Waals surface area (Å²) >= 11 is 0. The van der Waals surface area contributed by atoms with Crippen molar-refractivity contribution >= 4 is 43.1 Å². The first kappa shape index (κ1) is 24.6. The normalized spacial score (nSPS) is 9.68. The Morgan fingerprint density at radius 2 is 0.581 bits per heavy atom. The molecular formula is C30H28Ti. The molecule has 0 N–H and O–H groups in total. The minimum absolute atomic E-state index is 0. The summed E-state index contributed by atoms with van der Waals surface area (Å²) in [6.45, 7) is 10.0. The number of hydrogen-bond acceptors (Lipinski definition) is 0. The average molecular weight is 436 g/mol. The van der Waals surface area contributed by atoms with Crippen molar-refractivity contribution in [1.29, 1.82) is 0 Å². The Morgan fingerprint density at radius 1 is 0.387 bits per heavy atom. The van der Waals surface area contributed by atoms with Crippen molar-refractivity contribution in [2.45, 2.75) is 13.8 Å². The second kappa shape index (κ2) is 12.3. The monoisotopic (exact) mass is 436 g/mol. The molecule has 0 radical (unpaired) electrons. The van der Waals surface area contributed by atoms with Crippen molar-refractivity contribution in [3.8, 4) is 0 Å². The molecular weight excluding hydrogens is 408 g/mol. The van der Waals surface area contributed by atoms with Crippen LogP contribution in [0, 0.1) is 13.8 Å². The number of rotatable bonds is 0. The first-order chi connectivity index (χ1) is 14.9. The molecule has 152 valence electrons. The van der Waals surface area contributed by atoms with Crippen molar-refractivity contribution in [3.05, 3.63) is 123 Å². The van der Waals surface area contributed by atoms with Crippen LogP contribution in [0.25, 0.3) is 43.1 Å². The molecule has 0 saturated heterocycles. The van der Waals surface area contributed by atoms with Gasteiger partial charge in [0.15, 0.2) is 0 Å². The minimum Gasteiger partial charge on any atom is -0.346 e. The van der Waals surface area contributed by atoms with Crippen LogP contribution in [0.5, 0.6) is 0 Å². The van der Waals surface area contributed by atoms with Crippen LogP contribution in [0.3, 0.4) is 0 Å². The van der Waals surface area contributed by atoms with Crippen molar-refractivity contribution in [1.82, 2.24) is 0 Å². The van der Waals surface area contributed by atoms with E-state index in [0.29, 0.717) is 0 Å². The van der Waals surface area contributed by atoms with Gasteiger partial charge in [0.05, 0.1) is 0 Å². The Hall–Kier alpha value is -2.67. The third kappa shape index (κ3) is 5.34. The average Bonchev–Trinajstić information content (AvgIpc) is 3.40. The van der Waals surface area contributed by atoms with E-state index in [0.717, 1.165) is 0 Å². The second-order valence-corrected chi connectivity index (χ2v) is 6.64. The maximum absolute atomic E-state index is 3.25. The number of hydrogen-bond donors (Lipinski definition) is 0. The van der Waals surface area contributed by atoms with E-state index in [-0.39, 0.29) is 21.7 Å². The zero-order chi connectivity index (χ0) is 21.3. The van der Waals surface area contributed by atoms with Gasteiger partial charge in [-0.2, -0.15) is 13.8 Å². The molecule has 6 aromatic rings. The molecule has 31 heavy (non-hydrogen) atoms. The molecule has 0 aromatic heterocycles. The third-order valence-corrected chi connectivity index (χ3v) is 5.05. The van der Waals surface area contributed by atoms with E-state index in [1.54, 1.807) is 13.8 Å². The Kier molecular flexibility index (Phi) is 9.72. The van der Waals surface area contributed by atoms with Crippen molar-refractivity contribution in [2.75, 3.05) is 0 Å². The van der Waals surface area contributed by atoms with Gasteiger partial charge in [0.1, 0.15) is 0 Å². The number of fused-ring (bicyclic) bond motifs is 6. The van der Waals surface area contributed by atoms with E-state index in [1.165, 1.54) is 43.1 Å². The van der Waals surface area contributed by atoms with Gasteiger partial charge in [-0.05, 0) is 0 Å². The van der Waals surface area contributed by atoms with Gasteiger partial charge in [-0.1, -0.05) is 72.8 Å². The summed E-state index contributed by atoms with van der Waals surface area (Å²) in [5, 5.41) is 10.8. The van der Waals surface area contributed by atoms with E-state index < -0.39 is 0 Å². The Labute approximate surface area is 201 Å². The van der Waals surface area contributed by atoms with Crippen LogP contribution in [0.15, 0.2) is 109 Å². The van der Waals surface area contributed by atoms with Crippen LogP contribution in [-0.4, -0.2) is 0 Å². The van der Waals surface area contributed by atoms with Crippen LogP contribution in [0.4, 0.5) is 0 Å². The molecule has 0 aliphatic carbocycles. The SMILES string of the molecule is [CH2-]C.[CH2-]C.[Ti+4].c1ccc2c(c1)[cH-]c1ccccc12.c1ccc2c(c1)[cH-]c1ccccc12. The van der Waals surface area contributed by atoms with Gasteiger partial charge >= 0.3 is 21.7 Å². The smallest absolute Gasteiger partial charge is 0.346 e.